The Kier molecular flexibility index (Phi) is 5.02. The molecule has 0 bridgehead atoms. The SMILES string of the molecule is CCCOc1ccc(CNCC2CC(O)C2)cc1. The second-order valence-corrected chi connectivity index (χ2v) is 5.11. The summed E-state index contributed by atoms with van der Waals surface area (Å²) in [6.45, 7) is 4.78. The zero-order valence-corrected chi connectivity index (χ0v) is 11.1. The number of benzene rings is 1. The molecule has 0 aromatic heterocycles. The Morgan fingerprint density at radius 2 is 2.00 bits per heavy atom. The van der Waals surface area contributed by atoms with Gasteiger partial charge < -0.3 is 15.2 Å². The number of nitrogens with one attached hydrogen (secondary N) is 1. The van der Waals surface area contributed by atoms with Crippen LogP contribution in [0.25, 0.3) is 0 Å². The normalized spacial score (nSPS) is 22.6. The second-order valence-electron chi connectivity index (χ2n) is 5.11. The maximum atomic E-state index is 9.19. The van der Waals surface area contributed by atoms with Crippen LogP contribution >= 0.6 is 0 Å². The van der Waals surface area contributed by atoms with E-state index in [0.717, 1.165) is 44.7 Å². The highest BCUT2D eigenvalue weighted by Gasteiger charge is 2.26. The Morgan fingerprint density at radius 1 is 1.28 bits per heavy atom. The van der Waals surface area contributed by atoms with Gasteiger partial charge >= 0.3 is 0 Å². The van der Waals surface area contributed by atoms with Crippen LogP contribution in [-0.2, 0) is 6.54 Å². The molecule has 0 unspecified atom stereocenters. The first-order valence-electron chi connectivity index (χ1n) is 6.88. The van der Waals surface area contributed by atoms with Crippen molar-refractivity contribution >= 4 is 0 Å². The molecule has 2 N–H and O–H groups in total. The summed E-state index contributed by atoms with van der Waals surface area (Å²) < 4.78 is 5.54. The molecule has 0 spiro atoms. The van der Waals surface area contributed by atoms with Crippen molar-refractivity contribution in [3.8, 4) is 5.75 Å². The standard InChI is InChI=1S/C15H23NO2/c1-2-7-18-15-5-3-12(4-6-15)10-16-11-13-8-14(17)9-13/h3-6,13-14,16-17H,2,7-11H2,1H3. The molecule has 1 fully saturated rings. The highest BCUT2D eigenvalue weighted by atomic mass is 16.5. The van der Waals surface area contributed by atoms with Crippen LogP contribution in [0.15, 0.2) is 24.3 Å². The van der Waals surface area contributed by atoms with Gasteiger partial charge in [-0.3, -0.25) is 0 Å². The van der Waals surface area contributed by atoms with Crippen molar-refractivity contribution in [2.24, 2.45) is 5.92 Å². The van der Waals surface area contributed by atoms with Gasteiger partial charge in [0.25, 0.3) is 0 Å². The van der Waals surface area contributed by atoms with E-state index < -0.39 is 0 Å². The fraction of sp³-hybridized carbons (Fsp3) is 0.600. The van der Waals surface area contributed by atoms with Crippen molar-refractivity contribution in [3.05, 3.63) is 29.8 Å². The van der Waals surface area contributed by atoms with Crippen LogP contribution in [0.4, 0.5) is 0 Å². The van der Waals surface area contributed by atoms with E-state index >= 15 is 0 Å². The average molecular weight is 249 g/mol. The Morgan fingerprint density at radius 3 is 2.61 bits per heavy atom. The highest BCUT2D eigenvalue weighted by molar-refractivity contribution is 5.27. The molecule has 0 saturated heterocycles. The Bertz CT molecular complexity index is 344. The van der Waals surface area contributed by atoms with Gasteiger partial charge in [0, 0.05) is 6.54 Å². The molecule has 0 heterocycles. The van der Waals surface area contributed by atoms with E-state index in [1.165, 1.54) is 5.56 Å². The lowest BCUT2D eigenvalue weighted by Crippen LogP contribution is -2.35. The first kappa shape index (κ1) is 13.4. The maximum Gasteiger partial charge on any atom is 0.119 e. The van der Waals surface area contributed by atoms with Crippen molar-refractivity contribution in [3.63, 3.8) is 0 Å². The minimum Gasteiger partial charge on any atom is -0.494 e. The highest BCUT2D eigenvalue weighted by Crippen LogP contribution is 2.26. The van der Waals surface area contributed by atoms with E-state index in [9.17, 15) is 5.11 Å². The largest absolute Gasteiger partial charge is 0.494 e. The number of hydrogen-bond acceptors (Lipinski definition) is 3. The van der Waals surface area contributed by atoms with Gasteiger partial charge in [-0.1, -0.05) is 19.1 Å². The average Bonchev–Trinajstić information content (AvgIpc) is 2.35. The Hall–Kier alpha value is -1.06. The summed E-state index contributed by atoms with van der Waals surface area (Å²) in [4.78, 5) is 0. The molecule has 1 saturated carbocycles. The zero-order valence-electron chi connectivity index (χ0n) is 11.1. The first-order chi connectivity index (χ1) is 8.78. The van der Waals surface area contributed by atoms with Gasteiger partial charge in [-0.15, -0.1) is 0 Å². The van der Waals surface area contributed by atoms with Crippen LogP contribution in [0.5, 0.6) is 5.75 Å². The van der Waals surface area contributed by atoms with E-state index in [4.69, 9.17) is 4.74 Å². The van der Waals surface area contributed by atoms with E-state index in [1.54, 1.807) is 0 Å². The van der Waals surface area contributed by atoms with Gasteiger partial charge in [0.05, 0.1) is 12.7 Å². The lowest BCUT2D eigenvalue weighted by Gasteiger charge is -2.31. The van der Waals surface area contributed by atoms with E-state index in [2.05, 4.69) is 24.4 Å². The van der Waals surface area contributed by atoms with Crippen LogP contribution in [0.3, 0.4) is 0 Å². The molecule has 0 radical (unpaired) electrons. The number of rotatable bonds is 7. The van der Waals surface area contributed by atoms with Crippen molar-refractivity contribution in [2.45, 2.75) is 38.8 Å². The molecule has 1 aromatic carbocycles. The molecular formula is C15H23NO2. The molecular weight excluding hydrogens is 226 g/mol. The Balaban J connectivity index is 1.66. The lowest BCUT2D eigenvalue weighted by atomic mass is 9.82. The van der Waals surface area contributed by atoms with Crippen LogP contribution in [0.2, 0.25) is 0 Å². The lowest BCUT2D eigenvalue weighted by molar-refractivity contribution is 0.0430. The number of aliphatic hydroxyl groups excluding tert-OH is 1. The smallest absolute Gasteiger partial charge is 0.119 e. The molecule has 18 heavy (non-hydrogen) atoms. The third kappa shape index (κ3) is 4.00. The Labute approximate surface area is 109 Å². The summed E-state index contributed by atoms with van der Waals surface area (Å²) in [6, 6.07) is 8.26. The molecule has 1 aliphatic carbocycles. The number of hydrogen-bond donors (Lipinski definition) is 2. The quantitative estimate of drug-likeness (QED) is 0.779. The van der Waals surface area contributed by atoms with Gasteiger partial charge in [0.2, 0.25) is 0 Å². The molecule has 1 aliphatic rings. The zero-order chi connectivity index (χ0) is 12.8. The monoisotopic (exact) mass is 249 g/mol. The van der Waals surface area contributed by atoms with E-state index in [0.29, 0.717) is 5.92 Å². The second kappa shape index (κ2) is 6.76. The molecule has 2 rings (SSSR count). The first-order valence-corrected chi connectivity index (χ1v) is 6.88. The van der Waals surface area contributed by atoms with Crippen LogP contribution < -0.4 is 10.1 Å². The summed E-state index contributed by atoms with van der Waals surface area (Å²) in [5.41, 5.74) is 1.28. The van der Waals surface area contributed by atoms with Crippen LogP contribution in [0.1, 0.15) is 31.7 Å². The van der Waals surface area contributed by atoms with Crippen LogP contribution in [0, 0.1) is 5.92 Å². The minimum atomic E-state index is -0.0493. The maximum absolute atomic E-state index is 9.19. The summed E-state index contributed by atoms with van der Waals surface area (Å²) in [5, 5.41) is 12.6. The minimum absolute atomic E-state index is 0.0493. The molecule has 0 aliphatic heterocycles. The predicted molar refractivity (Wildman–Crippen MR) is 72.7 cm³/mol. The third-order valence-corrected chi connectivity index (χ3v) is 3.37. The molecule has 1 aromatic rings. The fourth-order valence-corrected chi connectivity index (χ4v) is 2.21. The van der Waals surface area contributed by atoms with E-state index in [-0.39, 0.29) is 6.10 Å². The molecule has 100 valence electrons. The van der Waals surface area contributed by atoms with Gasteiger partial charge in [-0.05, 0) is 49.4 Å². The number of aliphatic hydroxyl groups is 1. The number of ether oxygens (including phenoxy) is 1. The molecule has 0 amide bonds. The molecule has 3 nitrogen and oxygen atoms in total. The third-order valence-electron chi connectivity index (χ3n) is 3.37. The van der Waals surface area contributed by atoms with Crippen molar-refractivity contribution in [1.29, 1.82) is 0 Å². The summed E-state index contributed by atoms with van der Waals surface area (Å²) in [5.74, 6) is 1.61. The van der Waals surface area contributed by atoms with Gasteiger partial charge in [0.1, 0.15) is 5.75 Å². The van der Waals surface area contributed by atoms with Crippen molar-refractivity contribution < 1.29 is 9.84 Å². The summed E-state index contributed by atoms with van der Waals surface area (Å²) in [7, 11) is 0. The van der Waals surface area contributed by atoms with E-state index in [1.807, 2.05) is 12.1 Å². The predicted octanol–water partition coefficient (Wildman–Crippen LogP) is 2.34. The summed E-state index contributed by atoms with van der Waals surface area (Å²) >= 11 is 0. The van der Waals surface area contributed by atoms with Gasteiger partial charge in [-0.2, -0.15) is 0 Å². The van der Waals surface area contributed by atoms with Gasteiger partial charge in [-0.25, -0.2) is 0 Å². The van der Waals surface area contributed by atoms with Crippen LogP contribution in [-0.4, -0.2) is 24.4 Å². The molecule has 0 atom stereocenters. The van der Waals surface area contributed by atoms with Gasteiger partial charge in [0.15, 0.2) is 0 Å². The van der Waals surface area contributed by atoms with Crippen molar-refractivity contribution in [1.82, 2.24) is 5.32 Å². The fourth-order valence-electron chi connectivity index (χ4n) is 2.21. The summed E-state index contributed by atoms with van der Waals surface area (Å²) in [6.07, 6.45) is 2.90. The topological polar surface area (TPSA) is 41.5 Å². The van der Waals surface area contributed by atoms with Crippen molar-refractivity contribution in [2.75, 3.05) is 13.2 Å². The molecule has 3 heteroatoms.